The number of benzene rings is 1. The normalized spacial score (nSPS) is 27.4. The number of anilines is 1. The van der Waals surface area contributed by atoms with Crippen LogP contribution < -0.4 is 10.2 Å². The Hall–Kier alpha value is -1.88. The zero-order valence-corrected chi connectivity index (χ0v) is 15.3. The van der Waals surface area contributed by atoms with Gasteiger partial charge in [0.05, 0.1) is 6.04 Å². The fourth-order valence-corrected chi connectivity index (χ4v) is 4.00. The molecule has 25 heavy (non-hydrogen) atoms. The summed E-state index contributed by atoms with van der Waals surface area (Å²) in [6.07, 6.45) is 3.39. The number of amides is 2. The van der Waals surface area contributed by atoms with Crippen LogP contribution in [0.15, 0.2) is 30.3 Å². The molecule has 2 heterocycles. The standard InChI is InChI=1S/C20H29N3O2/c1-3-19(24)22-13-11-17(15(2)14-22)21-18-10-7-12-23(20(18)25)16-8-5-4-6-9-16/h4-6,8-9,15,17-18,21H,3,7,10-14H2,1-2H3/t15-,17+,18+/m1/s1. The molecule has 2 fully saturated rings. The fraction of sp³-hybridized carbons (Fsp3) is 0.600. The minimum absolute atomic E-state index is 0.116. The van der Waals surface area contributed by atoms with Crippen molar-refractivity contribution in [2.75, 3.05) is 24.5 Å². The molecule has 2 aliphatic rings. The molecule has 1 aromatic carbocycles. The molecule has 0 spiro atoms. The Balaban J connectivity index is 1.61. The summed E-state index contributed by atoms with van der Waals surface area (Å²) in [6, 6.07) is 10.1. The third-order valence-corrected chi connectivity index (χ3v) is 5.48. The summed E-state index contributed by atoms with van der Waals surface area (Å²) >= 11 is 0. The van der Waals surface area contributed by atoms with Gasteiger partial charge < -0.3 is 15.1 Å². The molecule has 0 unspecified atom stereocenters. The maximum atomic E-state index is 12.9. The molecule has 3 atom stereocenters. The summed E-state index contributed by atoms with van der Waals surface area (Å²) in [5, 5.41) is 3.61. The monoisotopic (exact) mass is 343 g/mol. The first-order valence-electron chi connectivity index (χ1n) is 9.50. The summed E-state index contributed by atoms with van der Waals surface area (Å²) in [5.41, 5.74) is 0.982. The third kappa shape index (κ3) is 4.03. The predicted octanol–water partition coefficient (Wildman–Crippen LogP) is 2.42. The molecular formula is C20H29N3O2. The molecular weight excluding hydrogens is 314 g/mol. The summed E-state index contributed by atoms with van der Waals surface area (Å²) in [6.45, 7) is 6.46. The van der Waals surface area contributed by atoms with Crippen molar-refractivity contribution in [2.24, 2.45) is 5.92 Å². The molecule has 0 saturated carbocycles. The van der Waals surface area contributed by atoms with Crippen LogP contribution in [0.5, 0.6) is 0 Å². The Kier molecular flexibility index (Phi) is 5.74. The van der Waals surface area contributed by atoms with Crippen LogP contribution >= 0.6 is 0 Å². The molecule has 2 saturated heterocycles. The Bertz CT molecular complexity index is 604. The number of carbonyl (C=O) groups excluding carboxylic acids is 2. The van der Waals surface area contributed by atoms with Gasteiger partial charge in [0.2, 0.25) is 11.8 Å². The van der Waals surface area contributed by atoms with Gasteiger partial charge >= 0.3 is 0 Å². The zero-order valence-electron chi connectivity index (χ0n) is 15.3. The van der Waals surface area contributed by atoms with Crippen molar-refractivity contribution in [3.05, 3.63) is 30.3 Å². The number of likely N-dealkylation sites (tertiary alicyclic amines) is 1. The summed E-state index contributed by atoms with van der Waals surface area (Å²) in [7, 11) is 0. The van der Waals surface area contributed by atoms with Crippen molar-refractivity contribution < 1.29 is 9.59 Å². The van der Waals surface area contributed by atoms with Crippen LogP contribution in [0.2, 0.25) is 0 Å². The predicted molar refractivity (Wildman–Crippen MR) is 99.4 cm³/mol. The van der Waals surface area contributed by atoms with Gasteiger partial charge in [-0.25, -0.2) is 0 Å². The van der Waals surface area contributed by atoms with E-state index in [0.717, 1.165) is 44.6 Å². The van der Waals surface area contributed by atoms with E-state index in [1.165, 1.54) is 0 Å². The van der Waals surface area contributed by atoms with Crippen molar-refractivity contribution in [3.8, 4) is 0 Å². The first-order chi connectivity index (χ1) is 12.1. The van der Waals surface area contributed by atoms with E-state index in [1.807, 2.05) is 47.1 Å². The Labute approximate surface area is 150 Å². The smallest absolute Gasteiger partial charge is 0.244 e. The lowest BCUT2D eigenvalue weighted by molar-refractivity contribution is -0.133. The highest BCUT2D eigenvalue weighted by Gasteiger charge is 2.34. The molecule has 0 radical (unpaired) electrons. The molecule has 0 bridgehead atoms. The highest BCUT2D eigenvalue weighted by Crippen LogP contribution is 2.23. The number of hydrogen-bond donors (Lipinski definition) is 1. The van der Waals surface area contributed by atoms with Gasteiger partial charge in [0.15, 0.2) is 0 Å². The SMILES string of the molecule is CCC(=O)N1CC[C@H](N[C@H]2CCCN(c3ccccc3)C2=O)[C@H](C)C1. The van der Waals surface area contributed by atoms with Crippen LogP contribution in [0.1, 0.15) is 39.5 Å². The highest BCUT2D eigenvalue weighted by atomic mass is 16.2. The fourth-order valence-electron chi connectivity index (χ4n) is 4.00. The number of para-hydroxylation sites is 1. The quantitative estimate of drug-likeness (QED) is 0.913. The van der Waals surface area contributed by atoms with Gasteiger partial charge in [-0.1, -0.05) is 32.0 Å². The van der Waals surface area contributed by atoms with Gasteiger partial charge in [0.25, 0.3) is 0 Å². The number of hydrogen-bond acceptors (Lipinski definition) is 3. The van der Waals surface area contributed by atoms with E-state index in [4.69, 9.17) is 0 Å². The van der Waals surface area contributed by atoms with Gasteiger partial charge in [-0.05, 0) is 37.3 Å². The van der Waals surface area contributed by atoms with Gasteiger partial charge in [0.1, 0.15) is 0 Å². The maximum Gasteiger partial charge on any atom is 0.244 e. The number of rotatable bonds is 4. The highest BCUT2D eigenvalue weighted by molar-refractivity contribution is 5.97. The van der Waals surface area contributed by atoms with Crippen LogP contribution in [-0.4, -0.2) is 48.4 Å². The van der Waals surface area contributed by atoms with Gasteiger partial charge in [-0.3, -0.25) is 9.59 Å². The molecule has 3 rings (SSSR count). The van der Waals surface area contributed by atoms with Gasteiger partial charge in [-0.2, -0.15) is 0 Å². The van der Waals surface area contributed by atoms with Crippen molar-refractivity contribution in [3.63, 3.8) is 0 Å². The molecule has 0 aromatic heterocycles. The molecule has 5 nitrogen and oxygen atoms in total. The molecule has 5 heteroatoms. The maximum absolute atomic E-state index is 12.9. The lowest BCUT2D eigenvalue weighted by atomic mass is 9.91. The lowest BCUT2D eigenvalue weighted by Gasteiger charge is -2.41. The molecule has 2 aliphatic heterocycles. The number of nitrogens with zero attached hydrogens (tertiary/aromatic N) is 2. The van der Waals surface area contributed by atoms with Crippen LogP contribution in [0.3, 0.4) is 0 Å². The summed E-state index contributed by atoms with van der Waals surface area (Å²) < 4.78 is 0. The van der Waals surface area contributed by atoms with Crippen LogP contribution in [0.25, 0.3) is 0 Å². The first-order valence-corrected chi connectivity index (χ1v) is 9.50. The van der Waals surface area contributed by atoms with Gasteiger partial charge in [0, 0.05) is 37.8 Å². The Morgan fingerprint density at radius 2 is 1.96 bits per heavy atom. The third-order valence-electron chi connectivity index (χ3n) is 5.48. The Morgan fingerprint density at radius 3 is 2.64 bits per heavy atom. The van der Waals surface area contributed by atoms with E-state index in [-0.39, 0.29) is 17.9 Å². The second-order valence-electron chi connectivity index (χ2n) is 7.25. The van der Waals surface area contributed by atoms with Crippen molar-refractivity contribution in [1.29, 1.82) is 0 Å². The minimum atomic E-state index is -0.116. The number of piperidine rings is 2. The Morgan fingerprint density at radius 1 is 1.20 bits per heavy atom. The molecule has 0 aliphatic carbocycles. The van der Waals surface area contributed by atoms with E-state index in [1.54, 1.807) is 0 Å². The van der Waals surface area contributed by atoms with Crippen LogP contribution in [0.4, 0.5) is 5.69 Å². The van der Waals surface area contributed by atoms with E-state index >= 15 is 0 Å². The largest absolute Gasteiger partial charge is 0.342 e. The van der Waals surface area contributed by atoms with Crippen LogP contribution in [-0.2, 0) is 9.59 Å². The van der Waals surface area contributed by atoms with E-state index in [2.05, 4.69) is 12.2 Å². The van der Waals surface area contributed by atoms with Crippen molar-refractivity contribution >= 4 is 17.5 Å². The first kappa shape index (κ1) is 17.9. The van der Waals surface area contributed by atoms with Crippen molar-refractivity contribution in [2.45, 2.75) is 51.6 Å². The molecule has 136 valence electrons. The zero-order chi connectivity index (χ0) is 17.8. The van der Waals surface area contributed by atoms with E-state index < -0.39 is 0 Å². The number of nitrogens with one attached hydrogen (secondary N) is 1. The second-order valence-corrected chi connectivity index (χ2v) is 7.25. The summed E-state index contributed by atoms with van der Waals surface area (Å²) in [5.74, 6) is 0.773. The van der Waals surface area contributed by atoms with E-state index in [0.29, 0.717) is 18.4 Å². The second kappa shape index (κ2) is 8.00. The average molecular weight is 343 g/mol. The van der Waals surface area contributed by atoms with Crippen LogP contribution in [0, 0.1) is 5.92 Å². The van der Waals surface area contributed by atoms with Gasteiger partial charge in [-0.15, -0.1) is 0 Å². The minimum Gasteiger partial charge on any atom is -0.342 e. The average Bonchev–Trinajstić information content (AvgIpc) is 2.65. The lowest BCUT2D eigenvalue weighted by Crippen LogP contribution is -2.58. The number of carbonyl (C=O) groups is 2. The topological polar surface area (TPSA) is 52.7 Å². The molecule has 1 aromatic rings. The van der Waals surface area contributed by atoms with E-state index in [9.17, 15) is 9.59 Å². The molecule has 2 amide bonds. The molecule has 1 N–H and O–H groups in total. The van der Waals surface area contributed by atoms with Crippen molar-refractivity contribution in [1.82, 2.24) is 10.2 Å². The summed E-state index contributed by atoms with van der Waals surface area (Å²) in [4.78, 5) is 28.7.